The fourth-order valence-corrected chi connectivity index (χ4v) is 2.46. The van der Waals surface area contributed by atoms with Crippen LogP contribution in [0.2, 0.25) is 5.02 Å². The minimum atomic E-state index is -0.489. The lowest BCUT2D eigenvalue weighted by Gasteiger charge is -2.14. The molecule has 108 valence electrons. The maximum atomic E-state index is 13.6. The van der Waals surface area contributed by atoms with E-state index in [1.54, 1.807) is 25.2 Å². The summed E-state index contributed by atoms with van der Waals surface area (Å²) in [5.41, 5.74) is 1.26. The monoisotopic (exact) mass is 307 g/mol. The molecule has 0 radical (unpaired) electrons. The molecule has 0 aliphatic carbocycles. The zero-order valence-corrected chi connectivity index (χ0v) is 11.9. The summed E-state index contributed by atoms with van der Waals surface area (Å²) < 4.78 is 32.6. The second-order valence-corrected chi connectivity index (χ2v) is 5.13. The summed E-state index contributed by atoms with van der Waals surface area (Å²) in [4.78, 5) is 0. The molecule has 21 heavy (non-hydrogen) atoms. The van der Waals surface area contributed by atoms with E-state index in [9.17, 15) is 8.78 Å². The van der Waals surface area contributed by atoms with Crippen LogP contribution >= 0.6 is 11.6 Å². The molecule has 0 fully saturated rings. The molecule has 0 bridgehead atoms. The Morgan fingerprint density at radius 1 is 1.10 bits per heavy atom. The smallest absolute Gasteiger partial charge is 0.142 e. The molecule has 0 amide bonds. The molecular formula is C16H12ClF2NO. The Bertz CT molecular complexity index is 800. The molecule has 1 N–H and O–H groups in total. The van der Waals surface area contributed by atoms with Crippen molar-refractivity contribution in [3.8, 4) is 0 Å². The predicted octanol–water partition coefficient (Wildman–Crippen LogP) is 4.67. The maximum absolute atomic E-state index is 13.6. The van der Waals surface area contributed by atoms with Crippen LogP contribution in [0.1, 0.15) is 17.4 Å². The highest BCUT2D eigenvalue weighted by Gasteiger charge is 2.18. The number of hydrogen-bond donors (Lipinski definition) is 1. The van der Waals surface area contributed by atoms with Crippen molar-refractivity contribution in [2.75, 3.05) is 7.05 Å². The van der Waals surface area contributed by atoms with E-state index in [0.29, 0.717) is 22.3 Å². The van der Waals surface area contributed by atoms with Crippen LogP contribution in [0.15, 0.2) is 46.9 Å². The average molecular weight is 308 g/mol. The van der Waals surface area contributed by atoms with E-state index in [4.69, 9.17) is 16.0 Å². The fourth-order valence-electron chi connectivity index (χ4n) is 2.34. The molecule has 0 saturated carbocycles. The number of rotatable bonds is 3. The molecule has 5 heteroatoms. The SMILES string of the molecule is CNC(c1ccc(Cl)c(F)c1)c1cc2cc(F)ccc2o1. The Hall–Kier alpha value is -1.91. The van der Waals surface area contributed by atoms with Crippen molar-refractivity contribution in [1.29, 1.82) is 0 Å². The second kappa shape index (κ2) is 5.47. The van der Waals surface area contributed by atoms with Gasteiger partial charge in [0.2, 0.25) is 0 Å². The van der Waals surface area contributed by atoms with Crippen LogP contribution in [0.4, 0.5) is 8.78 Å². The molecule has 0 aliphatic heterocycles. The Morgan fingerprint density at radius 2 is 1.90 bits per heavy atom. The largest absolute Gasteiger partial charge is 0.459 e. The third-order valence-corrected chi connectivity index (χ3v) is 3.65. The topological polar surface area (TPSA) is 25.2 Å². The first-order chi connectivity index (χ1) is 10.1. The van der Waals surface area contributed by atoms with Gasteiger partial charge in [-0.3, -0.25) is 0 Å². The van der Waals surface area contributed by atoms with Crippen molar-refractivity contribution in [2.24, 2.45) is 0 Å². The Kier molecular flexibility index (Phi) is 3.66. The van der Waals surface area contributed by atoms with Gasteiger partial charge >= 0.3 is 0 Å². The number of furan rings is 1. The summed E-state index contributed by atoms with van der Waals surface area (Å²) in [5.74, 6) is -0.232. The molecule has 3 rings (SSSR count). The van der Waals surface area contributed by atoms with Crippen molar-refractivity contribution < 1.29 is 13.2 Å². The average Bonchev–Trinajstić information content (AvgIpc) is 2.86. The van der Waals surface area contributed by atoms with Crippen LogP contribution in [0.25, 0.3) is 11.0 Å². The molecule has 1 aromatic heterocycles. The van der Waals surface area contributed by atoms with Crippen molar-refractivity contribution in [3.63, 3.8) is 0 Å². The van der Waals surface area contributed by atoms with Crippen molar-refractivity contribution in [2.45, 2.75) is 6.04 Å². The van der Waals surface area contributed by atoms with E-state index in [1.807, 2.05) is 0 Å². The summed E-state index contributed by atoms with van der Waals surface area (Å²) in [6.07, 6.45) is 0. The first kappa shape index (κ1) is 14.0. The van der Waals surface area contributed by atoms with Gasteiger partial charge in [-0.25, -0.2) is 8.78 Å². The lowest BCUT2D eigenvalue weighted by molar-refractivity contribution is 0.489. The van der Waals surface area contributed by atoms with Crippen molar-refractivity contribution in [3.05, 3.63) is 70.4 Å². The highest BCUT2D eigenvalue weighted by Crippen LogP contribution is 2.30. The Balaban J connectivity index is 2.06. The predicted molar refractivity (Wildman–Crippen MR) is 78.5 cm³/mol. The van der Waals surface area contributed by atoms with Gasteiger partial charge in [0.15, 0.2) is 0 Å². The molecule has 0 spiro atoms. The quantitative estimate of drug-likeness (QED) is 0.760. The van der Waals surface area contributed by atoms with Gasteiger partial charge in [-0.15, -0.1) is 0 Å². The van der Waals surface area contributed by atoms with Crippen LogP contribution in [0.3, 0.4) is 0 Å². The van der Waals surface area contributed by atoms with Crippen LogP contribution < -0.4 is 5.32 Å². The zero-order valence-electron chi connectivity index (χ0n) is 11.2. The van der Waals surface area contributed by atoms with Crippen molar-refractivity contribution >= 4 is 22.6 Å². The Morgan fingerprint density at radius 3 is 2.62 bits per heavy atom. The van der Waals surface area contributed by atoms with Crippen LogP contribution in [0, 0.1) is 11.6 Å². The highest BCUT2D eigenvalue weighted by molar-refractivity contribution is 6.30. The molecule has 2 aromatic carbocycles. The number of hydrogen-bond acceptors (Lipinski definition) is 2. The molecule has 3 aromatic rings. The zero-order chi connectivity index (χ0) is 15.0. The summed E-state index contributed by atoms with van der Waals surface area (Å²) in [5, 5.41) is 3.80. The lowest BCUT2D eigenvalue weighted by Crippen LogP contribution is -2.17. The number of fused-ring (bicyclic) bond motifs is 1. The molecule has 1 unspecified atom stereocenters. The normalized spacial score (nSPS) is 12.8. The third-order valence-electron chi connectivity index (χ3n) is 3.35. The Labute approximate surface area is 125 Å². The fraction of sp³-hybridized carbons (Fsp3) is 0.125. The first-order valence-corrected chi connectivity index (χ1v) is 6.77. The van der Waals surface area contributed by atoms with Crippen LogP contribution in [-0.2, 0) is 0 Å². The molecule has 1 atom stereocenters. The number of nitrogens with one attached hydrogen (secondary N) is 1. The molecule has 0 saturated heterocycles. The molecule has 0 aliphatic rings. The van der Waals surface area contributed by atoms with E-state index >= 15 is 0 Å². The molecule has 2 nitrogen and oxygen atoms in total. The molecule has 1 heterocycles. The van der Waals surface area contributed by atoms with E-state index in [1.165, 1.54) is 24.3 Å². The minimum absolute atomic E-state index is 0.0697. The van der Waals surface area contributed by atoms with Crippen LogP contribution in [0.5, 0.6) is 0 Å². The van der Waals surface area contributed by atoms with Gasteiger partial charge in [0.05, 0.1) is 11.1 Å². The minimum Gasteiger partial charge on any atom is -0.459 e. The highest BCUT2D eigenvalue weighted by atomic mass is 35.5. The first-order valence-electron chi connectivity index (χ1n) is 6.39. The van der Waals surface area contributed by atoms with Gasteiger partial charge < -0.3 is 9.73 Å². The van der Waals surface area contributed by atoms with E-state index in [-0.39, 0.29) is 16.9 Å². The van der Waals surface area contributed by atoms with Gasteiger partial charge in [0.25, 0.3) is 0 Å². The van der Waals surface area contributed by atoms with Gasteiger partial charge in [-0.2, -0.15) is 0 Å². The van der Waals surface area contributed by atoms with Gasteiger partial charge in [0.1, 0.15) is 23.0 Å². The maximum Gasteiger partial charge on any atom is 0.142 e. The van der Waals surface area contributed by atoms with Crippen molar-refractivity contribution in [1.82, 2.24) is 5.32 Å². The van der Waals surface area contributed by atoms with E-state index in [0.717, 1.165) is 0 Å². The van der Waals surface area contributed by atoms with Gasteiger partial charge in [-0.05, 0) is 49.0 Å². The van der Waals surface area contributed by atoms with Gasteiger partial charge in [-0.1, -0.05) is 17.7 Å². The van der Waals surface area contributed by atoms with Crippen LogP contribution in [-0.4, -0.2) is 7.05 Å². The third kappa shape index (κ3) is 2.64. The van der Waals surface area contributed by atoms with E-state index in [2.05, 4.69) is 5.32 Å². The number of halogens is 3. The lowest BCUT2D eigenvalue weighted by atomic mass is 10.0. The van der Waals surface area contributed by atoms with Gasteiger partial charge in [0, 0.05) is 5.39 Å². The number of benzene rings is 2. The summed E-state index contributed by atoms with van der Waals surface area (Å²) in [6, 6.07) is 10.3. The molecular weight excluding hydrogens is 296 g/mol. The summed E-state index contributed by atoms with van der Waals surface area (Å²) in [7, 11) is 1.74. The summed E-state index contributed by atoms with van der Waals surface area (Å²) in [6.45, 7) is 0. The second-order valence-electron chi connectivity index (χ2n) is 4.73. The standard InChI is InChI=1S/C16H12ClF2NO/c1-20-16(9-2-4-12(17)13(19)7-9)15-8-10-6-11(18)3-5-14(10)21-15/h2-8,16,20H,1H3. The summed E-state index contributed by atoms with van der Waals surface area (Å²) >= 11 is 5.70. The van der Waals surface area contributed by atoms with E-state index < -0.39 is 5.82 Å².